The number of likely N-dealkylation sites (N-methyl/N-ethyl adjacent to an activating group) is 1. The SMILES string of the molecule is CCNC(Cc1ccc(Br)cn1)c1c(F)cccc1OC. The summed E-state index contributed by atoms with van der Waals surface area (Å²) in [5.74, 6) is 0.287. The molecule has 1 unspecified atom stereocenters. The van der Waals surface area contributed by atoms with Gasteiger partial charge in [0.05, 0.1) is 7.11 Å². The summed E-state index contributed by atoms with van der Waals surface area (Å²) in [6.45, 7) is 2.73. The minimum absolute atomic E-state index is 0.181. The summed E-state index contributed by atoms with van der Waals surface area (Å²) in [6, 6.07) is 8.57. The molecule has 0 fully saturated rings. The molecule has 3 nitrogen and oxygen atoms in total. The smallest absolute Gasteiger partial charge is 0.131 e. The molecule has 0 saturated heterocycles. The lowest BCUT2D eigenvalue weighted by molar-refractivity contribution is 0.390. The minimum Gasteiger partial charge on any atom is -0.496 e. The van der Waals surface area contributed by atoms with E-state index in [1.165, 1.54) is 6.07 Å². The van der Waals surface area contributed by atoms with E-state index < -0.39 is 0 Å². The van der Waals surface area contributed by atoms with Gasteiger partial charge in [0.15, 0.2) is 0 Å². The first-order valence-corrected chi connectivity index (χ1v) is 7.61. The molecule has 2 aromatic rings. The van der Waals surface area contributed by atoms with E-state index in [0.29, 0.717) is 17.7 Å². The van der Waals surface area contributed by atoms with Crippen molar-refractivity contribution in [3.8, 4) is 5.75 Å². The van der Waals surface area contributed by atoms with Crippen molar-refractivity contribution in [2.45, 2.75) is 19.4 Å². The maximum atomic E-state index is 14.2. The van der Waals surface area contributed by atoms with Gasteiger partial charge in [-0.1, -0.05) is 13.0 Å². The fourth-order valence-electron chi connectivity index (χ4n) is 2.29. The molecule has 0 aliphatic heterocycles. The third kappa shape index (κ3) is 4.02. The minimum atomic E-state index is -0.266. The predicted molar refractivity (Wildman–Crippen MR) is 85.0 cm³/mol. The Labute approximate surface area is 132 Å². The van der Waals surface area contributed by atoms with Crippen LogP contribution in [0, 0.1) is 5.82 Å². The summed E-state index contributed by atoms with van der Waals surface area (Å²) in [5.41, 5.74) is 1.45. The van der Waals surface area contributed by atoms with Crippen LogP contribution in [0.1, 0.15) is 24.2 Å². The van der Waals surface area contributed by atoms with Crippen molar-refractivity contribution in [3.63, 3.8) is 0 Å². The van der Waals surface area contributed by atoms with E-state index in [1.54, 1.807) is 25.4 Å². The van der Waals surface area contributed by atoms with Crippen LogP contribution in [0.15, 0.2) is 41.0 Å². The first-order chi connectivity index (χ1) is 10.2. The van der Waals surface area contributed by atoms with Crippen LogP contribution in [0.4, 0.5) is 4.39 Å². The molecule has 1 aromatic carbocycles. The van der Waals surface area contributed by atoms with Crippen molar-refractivity contribution in [2.24, 2.45) is 0 Å². The molecule has 0 spiro atoms. The second kappa shape index (κ2) is 7.52. The zero-order chi connectivity index (χ0) is 15.2. The molecular formula is C16H18BrFN2O. The molecular weight excluding hydrogens is 335 g/mol. The number of hydrogen-bond donors (Lipinski definition) is 1. The lowest BCUT2D eigenvalue weighted by Crippen LogP contribution is -2.25. The number of nitrogens with one attached hydrogen (secondary N) is 1. The van der Waals surface area contributed by atoms with Gasteiger partial charge in [-0.15, -0.1) is 0 Å². The van der Waals surface area contributed by atoms with Crippen molar-refractivity contribution in [2.75, 3.05) is 13.7 Å². The van der Waals surface area contributed by atoms with Gasteiger partial charge in [0.2, 0.25) is 0 Å². The highest BCUT2D eigenvalue weighted by Gasteiger charge is 2.20. The summed E-state index contributed by atoms with van der Waals surface area (Å²) in [4.78, 5) is 4.36. The molecule has 0 aliphatic rings. The molecule has 1 aromatic heterocycles. The molecule has 2 rings (SSSR count). The van der Waals surface area contributed by atoms with Gasteiger partial charge >= 0.3 is 0 Å². The second-order valence-electron chi connectivity index (χ2n) is 4.64. The summed E-state index contributed by atoms with van der Waals surface area (Å²) in [5, 5.41) is 3.31. The van der Waals surface area contributed by atoms with Gasteiger partial charge < -0.3 is 10.1 Å². The topological polar surface area (TPSA) is 34.2 Å². The van der Waals surface area contributed by atoms with Crippen LogP contribution in [0.2, 0.25) is 0 Å². The van der Waals surface area contributed by atoms with E-state index >= 15 is 0 Å². The molecule has 0 bridgehead atoms. The standard InChI is InChI=1S/C16H18BrFN2O/c1-3-19-14(9-12-8-7-11(17)10-20-12)16-13(18)5-4-6-15(16)21-2/h4-8,10,14,19H,3,9H2,1-2H3. The summed E-state index contributed by atoms with van der Waals surface area (Å²) >= 11 is 3.36. The number of methoxy groups -OCH3 is 1. The van der Waals surface area contributed by atoms with Gasteiger partial charge in [-0.05, 0) is 46.7 Å². The van der Waals surface area contributed by atoms with Gasteiger partial charge in [0.25, 0.3) is 0 Å². The molecule has 0 radical (unpaired) electrons. The Morgan fingerprint density at radius 2 is 2.14 bits per heavy atom. The largest absolute Gasteiger partial charge is 0.496 e. The Morgan fingerprint density at radius 3 is 2.76 bits per heavy atom. The Hall–Kier alpha value is -1.46. The van der Waals surface area contributed by atoms with E-state index in [2.05, 4.69) is 26.2 Å². The Balaban J connectivity index is 2.32. The normalized spacial score (nSPS) is 12.2. The van der Waals surface area contributed by atoms with Crippen LogP contribution >= 0.6 is 15.9 Å². The molecule has 1 atom stereocenters. The van der Waals surface area contributed by atoms with Gasteiger partial charge in [-0.3, -0.25) is 4.98 Å². The maximum Gasteiger partial charge on any atom is 0.131 e. The van der Waals surface area contributed by atoms with E-state index in [0.717, 1.165) is 16.7 Å². The monoisotopic (exact) mass is 352 g/mol. The molecule has 0 amide bonds. The number of hydrogen-bond acceptors (Lipinski definition) is 3. The van der Waals surface area contributed by atoms with Crippen LogP contribution in [0.25, 0.3) is 0 Å². The van der Waals surface area contributed by atoms with Gasteiger partial charge in [0.1, 0.15) is 11.6 Å². The van der Waals surface area contributed by atoms with Crippen molar-refractivity contribution < 1.29 is 9.13 Å². The highest BCUT2D eigenvalue weighted by atomic mass is 79.9. The average Bonchev–Trinajstić information content (AvgIpc) is 2.49. The lowest BCUT2D eigenvalue weighted by Gasteiger charge is -2.21. The zero-order valence-corrected chi connectivity index (χ0v) is 13.7. The number of pyridine rings is 1. The fraction of sp³-hybridized carbons (Fsp3) is 0.312. The quantitative estimate of drug-likeness (QED) is 0.856. The van der Waals surface area contributed by atoms with E-state index in [1.807, 2.05) is 19.1 Å². The van der Waals surface area contributed by atoms with Crippen molar-refractivity contribution in [1.82, 2.24) is 10.3 Å². The molecule has 112 valence electrons. The summed E-state index contributed by atoms with van der Waals surface area (Å²) in [6.07, 6.45) is 2.34. The molecule has 21 heavy (non-hydrogen) atoms. The van der Waals surface area contributed by atoms with Crippen LogP contribution < -0.4 is 10.1 Å². The van der Waals surface area contributed by atoms with E-state index in [9.17, 15) is 4.39 Å². The van der Waals surface area contributed by atoms with E-state index in [-0.39, 0.29) is 11.9 Å². The molecule has 5 heteroatoms. The zero-order valence-electron chi connectivity index (χ0n) is 12.1. The predicted octanol–water partition coefficient (Wildman–Crippen LogP) is 3.89. The number of nitrogens with zero attached hydrogens (tertiary/aromatic N) is 1. The number of aromatic nitrogens is 1. The van der Waals surface area contributed by atoms with Gasteiger partial charge in [0, 0.05) is 34.4 Å². The molecule has 0 saturated carbocycles. The van der Waals surface area contributed by atoms with Gasteiger partial charge in [-0.25, -0.2) is 4.39 Å². The summed E-state index contributed by atoms with van der Waals surface area (Å²) < 4.78 is 20.5. The van der Waals surface area contributed by atoms with Crippen LogP contribution in [-0.2, 0) is 6.42 Å². The average molecular weight is 353 g/mol. The van der Waals surface area contributed by atoms with Crippen molar-refractivity contribution in [1.29, 1.82) is 0 Å². The third-order valence-corrected chi connectivity index (χ3v) is 3.70. The number of ether oxygens (including phenoxy) is 1. The van der Waals surface area contributed by atoms with Crippen molar-refractivity contribution in [3.05, 3.63) is 58.1 Å². The molecule has 1 heterocycles. The fourth-order valence-corrected chi connectivity index (χ4v) is 2.53. The Bertz CT molecular complexity index is 589. The lowest BCUT2D eigenvalue weighted by atomic mass is 9.99. The maximum absolute atomic E-state index is 14.2. The van der Waals surface area contributed by atoms with E-state index in [4.69, 9.17) is 4.74 Å². The van der Waals surface area contributed by atoms with Gasteiger partial charge in [-0.2, -0.15) is 0 Å². The second-order valence-corrected chi connectivity index (χ2v) is 5.55. The summed E-state index contributed by atoms with van der Waals surface area (Å²) in [7, 11) is 1.55. The number of benzene rings is 1. The molecule has 0 aliphatic carbocycles. The van der Waals surface area contributed by atoms with Crippen molar-refractivity contribution >= 4 is 15.9 Å². The first kappa shape index (κ1) is 15.9. The Morgan fingerprint density at radius 1 is 1.33 bits per heavy atom. The highest BCUT2D eigenvalue weighted by Crippen LogP contribution is 2.30. The number of rotatable bonds is 6. The Kier molecular flexibility index (Phi) is 5.70. The molecule has 1 N–H and O–H groups in total. The highest BCUT2D eigenvalue weighted by molar-refractivity contribution is 9.10. The van der Waals surface area contributed by atoms with Crippen LogP contribution in [-0.4, -0.2) is 18.6 Å². The third-order valence-electron chi connectivity index (χ3n) is 3.23. The van der Waals surface area contributed by atoms with Crippen LogP contribution in [0.3, 0.4) is 0 Å². The first-order valence-electron chi connectivity index (χ1n) is 6.82. The van der Waals surface area contributed by atoms with Crippen LogP contribution in [0.5, 0.6) is 5.75 Å². The number of halogens is 2.